The molecule has 0 aliphatic carbocycles. The van der Waals surface area contributed by atoms with Crippen molar-refractivity contribution in [3.05, 3.63) is 59.7 Å². The van der Waals surface area contributed by atoms with Crippen LogP contribution in [0.4, 0.5) is 11.4 Å². The van der Waals surface area contributed by atoms with E-state index in [4.69, 9.17) is 0 Å². The van der Waals surface area contributed by atoms with Gasteiger partial charge in [0.2, 0.25) is 0 Å². The topological polar surface area (TPSA) is 64.7 Å². The Morgan fingerprint density at radius 3 is 2.33 bits per heavy atom. The molecule has 2 N–H and O–H groups in total. The molecule has 160 valence electrons. The normalized spacial score (nSPS) is 14.4. The number of rotatable bonds is 7. The first-order chi connectivity index (χ1) is 14.6. The zero-order valence-electron chi connectivity index (χ0n) is 18.0. The lowest BCUT2D eigenvalue weighted by Crippen LogP contribution is -2.44. The summed E-state index contributed by atoms with van der Waals surface area (Å²) in [5.74, 6) is -1.21. The molecule has 1 saturated heterocycles. The van der Waals surface area contributed by atoms with Gasteiger partial charge < -0.3 is 20.4 Å². The predicted octanol–water partition coefficient (Wildman–Crippen LogP) is 2.69. The summed E-state index contributed by atoms with van der Waals surface area (Å²) < 4.78 is 0. The third-order valence-electron chi connectivity index (χ3n) is 5.59. The summed E-state index contributed by atoms with van der Waals surface area (Å²) in [6.07, 6.45) is 2.45. The van der Waals surface area contributed by atoms with Crippen LogP contribution in [0.2, 0.25) is 0 Å². The average Bonchev–Trinajstić information content (AvgIpc) is 2.78. The smallest absolute Gasteiger partial charge is 0.313 e. The summed E-state index contributed by atoms with van der Waals surface area (Å²) in [5, 5.41) is 5.42. The number of para-hydroxylation sites is 1. The highest BCUT2D eigenvalue weighted by molar-refractivity contribution is 6.39. The molecule has 30 heavy (non-hydrogen) atoms. The average molecular weight is 409 g/mol. The lowest BCUT2D eigenvalue weighted by Gasteiger charge is -2.34. The summed E-state index contributed by atoms with van der Waals surface area (Å²) in [5.41, 5.74) is 4.21. The SMILES string of the molecule is CCc1ccccc1NC(=O)C(=O)NCCCc1ccc(N2CCN(C)CC2)cc1. The Hall–Kier alpha value is -2.86. The van der Waals surface area contributed by atoms with Gasteiger partial charge in [-0.15, -0.1) is 0 Å². The van der Waals surface area contributed by atoms with Crippen LogP contribution in [-0.2, 0) is 22.4 Å². The van der Waals surface area contributed by atoms with Crippen LogP contribution in [0, 0.1) is 0 Å². The second-order valence-electron chi connectivity index (χ2n) is 7.78. The summed E-state index contributed by atoms with van der Waals surface area (Å²) in [7, 11) is 2.16. The monoisotopic (exact) mass is 408 g/mol. The minimum atomic E-state index is -0.618. The van der Waals surface area contributed by atoms with Crippen molar-refractivity contribution in [2.75, 3.05) is 50.0 Å². The fraction of sp³-hybridized carbons (Fsp3) is 0.417. The maximum Gasteiger partial charge on any atom is 0.313 e. The van der Waals surface area contributed by atoms with Gasteiger partial charge in [-0.05, 0) is 55.6 Å². The molecule has 1 aliphatic heterocycles. The van der Waals surface area contributed by atoms with E-state index in [1.54, 1.807) is 0 Å². The number of hydrogen-bond donors (Lipinski definition) is 2. The first-order valence-electron chi connectivity index (χ1n) is 10.8. The van der Waals surface area contributed by atoms with Gasteiger partial charge >= 0.3 is 11.8 Å². The van der Waals surface area contributed by atoms with Gasteiger partial charge in [0, 0.05) is 44.1 Å². The standard InChI is InChI=1S/C24H32N4O2/c1-3-20-8-4-5-9-22(20)26-24(30)23(29)25-14-6-7-19-10-12-21(13-11-19)28-17-15-27(2)16-18-28/h4-5,8-13H,3,6-7,14-18H2,1-2H3,(H,25,29)(H,26,30). The fourth-order valence-electron chi connectivity index (χ4n) is 3.64. The van der Waals surface area contributed by atoms with Crippen LogP contribution >= 0.6 is 0 Å². The lowest BCUT2D eigenvalue weighted by molar-refractivity contribution is -0.136. The number of carbonyl (C=O) groups excluding carboxylic acids is 2. The molecule has 0 spiro atoms. The van der Waals surface area contributed by atoms with Crippen LogP contribution in [0.5, 0.6) is 0 Å². The summed E-state index contributed by atoms with van der Waals surface area (Å²) in [6.45, 7) is 6.81. The Bertz CT molecular complexity index is 843. The number of hydrogen-bond acceptors (Lipinski definition) is 4. The minimum absolute atomic E-state index is 0.474. The number of amides is 2. The van der Waals surface area contributed by atoms with Crippen LogP contribution in [0.1, 0.15) is 24.5 Å². The predicted molar refractivity (Wildman–Crippen MR) is 122 cm³/mol. The number of anilines is 2. The van der Waals surface area contributed by atoms with Crippen LogP contribution in [0.15, 0.2) is 48.5 Å². The molecule has 2 aromatic rings. The minimum Gasteiger partial charge on any atom is -0.369 e. The Labute approximate surface area is 179 Å². The molecule has 0 radical (unpaired) electrons. The third-order valence-corrected chi connectivity index (χ3v) is 5.59. The van der Waals surface area contributed by atoms with Gasteiger partial charge in [0.1, 0.15) is 0 Å². The lowest BCUT2D eigenvalue weighted by atomic mass is 10.1. The van der Waals surface area contributed by atoms with Gasteiger partial charge in [-0.3, -0.25) is 9.59 Å². The molecule has 0 unspecified atom stereocenters. The fourth-order valence-corrected chi connectivity index (χ4v) is 3.64. The van der Waals surface area contributed by atoms with Gasteiger partial charge in [-0.25, -0.2) is 0 Å². The molecule has 0 aromatic heterocycles. The second-order valence-corrected chi connectivity index (χ2v) is 7.78. The zero-order chi connectivity index (χ0) is 21.3. The van der Waals surface area contributed by atoms with Crippen molar-refractivity contribution in [3.63, 3.8) is 0 Å². The van der Waals surface area contributed by atoms with Crippen molar-refractivity contribution in [2.24, 2.45) is 0 Å². The van der Waals surface area contributed by atoms with Crippen molar-refractivity contribution in [3.8, 4) is 0 Å². The van der Waals surface area contributed by atoms with Gasteiger partial charge in [0.15, 0.2) is 0 Å². The molecular weight excluding hydrogens is 376 g/mol. The highest BCUT2D eigenvalue weighted by atomic mass is 16.2. The van der Waals surface area contributed by atoms with Gasteiger partial charge in [-0.1, -0.05) is 37.3 Å². The third kappa shape index (κ3) is 6.07. The highest BCUT2D eigenvalue weighted by Crippen LogP contribution is 2.18. The molecule has 0 atom stereocenters. The molecule has 3 rings (SSSR count). The summed E-state index contributed by atoms with van der Waals surface area (Å²) in [6, 6.07) is 16.2. The Balaban J connectivity index is 1.39. The van der Waals surface area contributed by atoms with E-state index in [0.717, 1.165) is 51.0 Å². The number of aryl methyl sites for hydroxylation is 2. The van der Waals surface area contributed by atoms with Crippen LogP contribution < -0.4 is 15.5 Å². The molecule has 2 amide bonds. The number of nitrogens with one attached hydrogen (secondary N) is 2. The van der Waals surface area contributed by atoms with E-state index in [1.165, 1.54) is 11.3 Å². The molecule has 0 bridgehead atoms. The van der Waals surface area contributed by atoms with Gasteiger partial charge in [-0.2, -0.15) is 0 Å². The molecular formula is C24H32N4O2. The van der Waals surface area contributed by atoms with Crippen LogP contribution in [0.25, 0.3) is 0 Å². The number of likely N-dealkylation sites (N-methyl/N-ethyl adjacent to an activating group) is 1. The Morgan fingerprint density at radius 2 is 1.63 bits per heavy atom. The van der Waals surface area contributed by atoms with Crippen LogP contribution in [-0.4, -0.2) is 56.5 Å². The molecule has 1 aliphatic rings. The van der Waals surface area contributed by atoms with Crippen molar-refractivity contribution in [2.45, 2.75) is 26.2 Å². The van der Waals surface area contributed by atoms with Crippen molar-refractivity contribution in [1.29, 1.82) is 0 Å². The zero-order valence-corrected chi connectivity index (χ0v) is 18.0. The van der Waals surface area contributed by atoms with E-state index in [1.807, 2.05) is 31.2 Å². The summed E-state index contributed by atoms with van der Waals surface area (Å²) >= 11 is 0. The van der Waals surface area contributed by atoms with Gasteiger partial charge in [0.05, 0.1) is 0 Å². The van der Waals surface area contributed by atoms with E-state index in [-0.39, 0.29) is 0 Å². The van der Waals surface area contributed by atoms with E-state index in [2.05, 4.69) is 51.7 Å². The molecule has 2 aromatic carbocycles. The quantitative estimate of drug-likeness (QED) is 0.546. The van der Waals surface area contributed by atoms with Gasteiger partial charge in [0.25, 0.3) is 0 Å². The molecule has 6 nitrogen and oxygen atoms in total. The second kappa shape index (κ2) is 10.8. The number of piperazine rings is 1. The van der Waals surface area contributed by atoms with Crippen molar-refractivity contribution < 1.29 is 9.59 Å². The summed E-state index contributed by atoms with van der Waals surface area (Å²) in [4.78, 5) is 29.0. The Morgan fingerprint density at radius 1 is 0.933 bits per heavy atom. The van der Waals surface area contributed by atoms with Crippen molar-refractivity contribution >= 4 is 23.2 Å². The first kappa shape index (κ1) is 21.8. The van der Waals surface area contributed by atoms with E-state index in [9.17, 15) is 9.59 Å². The largest absolute Gasteiger partial charge is 0.369 e. The molecule has 1 fully saturated rings. The van der Waals surface area contributed by atoms with Crippen LogP contribution in [0.3, 0.4) is 0 Å². The highest BCUT2D eigenvalue weighted by Gasteiger charge is 2.15. The van der Waals surface area contributed by atoms with E-state index in [0.29, 0.717) is 12.2 Å². The van der Waals surface area contributed by atoms with E-state index < -0.39 is 11.8 Å². The molecule has 0 saturated carbocycles. The van der Waals surface area contributed by atoms with E-state index >= 15 is 0 Å². The first-order valence-corrected chi connectivity index (χ1v) is 10.8. The molecule has 6 heteroatoms. The number of benzene rings is 2. The number of carbonyl (C=O) groups is 2. The van der Waals surface area contributed by atoms with Crippen molar-refractivity contribution in [1.82, 2.24) is 10.2 Å². The maximum atomic E-state index is 12.1. The maximum absolute atomic E-state index is 12.1. The Kier molecular flexibility index (Phi) is 7.85. The molecule has 1 heterocycles. The number of nitrogens with zero attached hydrogens (tertiary/aromatic N) is 2.